The van der Waals surface area contributed by atoms with Crippen LogP contribution < -0.4 is 19.1 Å². The largest absolute Gasteiger partial charge is 0.494 e. The van der Waals surface area contributed by atoms with Crippen molar-refractivity contribution < 1.29 is 34.0 Å². The molecular formula is C31H35NO7. The van der Waals surface area contributed by atoms with Gasteiger partial charge in [0.2, 0.25) is 6.10 Å². The summed E-state index contributed by atoms with van der Waals surface area (Å²) in [4.78, 5) is 24.5. The highest BCUT2D eigenvalue weighted by atomic mass is 16.5. The van der Waals surface area contributed by atoms with Crippen molar-refractivity contribution in [2.75, 3.05) is 24.6 Å². The Morgan fingerprint density at radius 3 is 2.38 bits per heavy atom. The Morgan fingerprint density at radius 2 is 1.64 bits per heavy atom. The van der Waals surface area contributed by atoms with Gasteiger partial charge in [-0.25, -0.2) is 4.79 Å². The van der Waals surface area contributed by atoms with Crippen LogP contribution in [0.1, 0.15) is 43.2 Å². The summed E-state index contributed by atoms with van der Waals surface area (Å²) in [5.41, 5.74) is 3.03. The Bertz CT molecular complexity index is 1210. The van der Waals surface area contributed by atoms with E-state index in [-0.39, 0.29) is 19.6 Å². The molecule has 0 bridgehead atoms. The third-order valence-electron chi connectivity index (χ3n) is 6.58. The van der Waals surface area contributed by atoms with Gasteiger partial charge in [-0.3, -0.25) is 4.79 Å². The maximum atomic E-state index is 11.7. The summed E-state index contributed by atoms with van der Waals surface area (Å²) < 4.78 is 17.8. The van der Waals surface area contributed by atoms with Gasteiger partial charge in [0.05, 0.1) is 18.8 Å². The third kappa shape index (κ3) is 8.40. The minimum Gasteiger partial charge on any atom is -0.494 e. The van der Waals surface area contributed by atoms with Crippen LogP contribution in [0, 0.1) is 0 Å². The zero-order valence-corrected chi connectivity index (χ0v) is 22.0. The number of hydrogen-bond donors (Lipinski definition) is 2. The van der Waals surface area contributed by atoms with E-state index in [0.717, 1.165) is 36.3 Å². The van der Waals surface area contributed by atoms with Gasteiger partial charge >= 0.3 is 11.9 Å². The van der Waals surface area contributed by atoms with Crippen LogP contribution in [0.5, 0.6) is 17.2 Å². The highest BCUT2D eigenvalue weighted by Gasteiger charge is 2.32. The number of anilines is 1. The highest BCUT2D eigenvalue weighted by molar-refractivity contribution is 5.77. The Labute approximate surface area is 228 Å². The minimum absolute atomic E-state index is 0.0841. The van der Waals surface area contributed by atoms with Crippen molar-refractivity contribution in [1.29, 1.82) is 0 Å². The number of ether oxygens (including phenoxy) is 3. The van der Waals surface area contributed by atoms with E-state index >= 15 is 0 Å². The topological polar surface area (TPSA) is 106 Å². The number of carboxylic acid groups (broad SMARTS) is 2. The van der Waals surface area contributed by atoms with E-state index in [1.165, 1.54) is 5.56 Å². The lowest BCUT2D eigenvalue weighted by Gasteiger charge is -2.35. The molecule has 0 radical (unpaired) electrons. The van der Waals surface area contributed by atoms with Crippen LogP contribution in [0.15, 0.2) is 72.8 Å². The summed E-state index contributed by atoms with van der Waals surface area (Å²) in [6.07, 6.45) is 3.29. The predicted octanol–water partition coefficient (Wildman–Crippen LogP) is 5.57. The summed E-state index contributed by atoms with van der Waals surface area (Å²) in [5.74, 6) is -0.226. The van der Waals surface area contributed by atoms with E-state index in [9.17, 15) is 14.7 Å². The molecule has 39 heavy (non-hydrogen) atoms. The molecule has 0 aliphatic carbocycles. The molecular weight excluding hydrogens is 498 g/mol. The number of para-hydroxylation sites is 1. The Morgan fingerprint density at radius 1 is 0.846 bits per heavy atom. The summed E-state index contributed by atoms with van der Waals surface area (Å²) in [7, 11) is 0. The van der Waals surface area contributed by atoms with E-state index in [1.807, 2.05) is 47.4 Å². The number of carbonyl (C=O) groups is 2. The van der Waals surface area contributed by atoms with Gasteiger partial charge in [0, 0.05) is 13.0 Å². The molecule has 1 aliphatic rings. The first-order valence-corrected chi connectivity index (χ1v) is 13.4. The molecule has 0 saturated carbocycles. The third-order valence-corrected chi connectivity index (χ3v) is 6.58. The van der Waals surface area contributed by atoms with Crippen molar-refractivity contribution in [2.24, 2.45) is 0 Å². The summed E-state index contributed by atoms with van der Waals surface area (Å²) in [6.45, 7) is 1.67. The molecule has 8 nitrogen and oxygen atoms in total. The van der Waals surface area contributed by atoms with Gasteiger partial charge in [0.25, 0.3) is 0 Å². The standard InChI is InChI=1S/C31H35NO7/c33-29(34)14-4-6-19-32-21-28(31(35)36)39-30-26(32)12-8-13-27(30)38-22-24-15-17-25(18-16-24)37-20-7-5-11-23-9-2-1-3-10-23/h1-3,8-10,12-13,15-18,28H,4-7,11,14,19-22H2,(H,33,34)(H,35,36). The molecule has 1 atom stereocenters. The first-order chi connectivity index (χ1) is 19.0. The number of aliphatic carboxylic acids is 2. The molecule has 0 fully saturated rings. The SMILES string of the molecule is O=C(O)CCCCN1CC(C(=O)O)Oc2c(OCc3ccc(OCCCCc4ccccc4)cc3)cccc21. The van der Waals surface area contributed by atoms with Crippen LogP contribution in [-0.2, 0) is 22.6 Å². The van der Waals surface area contributed by atoms with Crippen LogP contribution in [0.4, 0.5) is 5.69 Å². The quantitative estimate of drug-likeness (QED) is 0.244. The number of nitrogens with zero attached hydrogens (tertiary/aromatic N) is 1. The smallest absolute Gasteiger partial charge is 0.346 e. The Hall–Kier alpha value is -4.20. The summed E-state index contributed by atoms with van der Waals surface area (Å²) in [5, 5.41) is 18.5. The van der Waals surface area contributed by atoms with Gasteiger partial charge in [0.1, 0.15) is 12.4 Å². The summed E-state index contributed by atoms with van der Waals surface area (Å²) >= 11 is 0. The average Bonchev–Trinajstić information content (AvgIpc) is 2.95. The summed E-state index contributed by atoms with van der Waals surface area (Å²) in [6, 6.07) is 23.7. The molecule has 3 aromatic rings. The molecule has 1 heterocycles. The maximum absolute atomic E-state index is 11.7. The molecule has 206 valence electrons. The van der Waals surface area contributed by atoms with E-state index < -0.39 is 18.0 Å². The Kier molecular flexibility index (Phi) is 10.1. The molecule has 0 amide bonds. The van der Waals surface area contributed by atoms with E-state index in [1.54, 1.807) is 6.07 Å². The van der Waals surface area contributed by atoms with Crippen LogP contribution in [0.2, 0.25) is 0 Å². The zero-order valence-electron chi connectivity index (χ0n) is 22.0. The van der Waals surface area contributed by atoms with Crippen LogP contribution in [-0.4, -0.2) is 48.0 Å². The number of benzene rings is 3. The minimum atomic E-state index is -1.05. The molecule has 0 aromatic heterocycles. The maximum Gasteiger partial charge on any atom is 0.346 e. The lowest BCUT2D eigenvalue weighted by molar-refractivity contribution is -0.145. The van der Waals surface area contributed by atoms with Crippen LogP contribution >= 0.6 is 0 Å². The van der Waals surface area contributed by atoms with Gasteiger partial charge < -0.3 is 29.3 Å². The number of fused-ring (bicyclic) bond motifs is 1. The fraction of sp³-hybridized carbons (Fsp3) is 0.355. The second-order valence-electron chi connectivity index (χ2n) is 9.57. The first-order valence-electron chi connectivity index (χ1n) is 13.4. The molecule has 1 aliphatic heterocycles. The van der Waals surface area contributed by atoms with Crippen molar-refractivity contribution in [1.82, 2.24) is 0 Å². The number of rotatable bonds is 15. The van der Waals surface area contributed by atoms with Crippen molar-refractivity contribution in [2.45, 2.75) is 51.2 Å². The molecule has 3 aromatic carbocycles. The monoisotopic (exact) mass is 533 g/mol. The van der Waals surface area contributed by atoms with Gasteiger partial charge in [-0.15, -0.1) is 0 Å². The van der Waals surface area contributed by atoms with Gasteiger partial charge in [0.15, 0.2) is 11.5 Å². The molecule has 8 heteroatoms. The van der Waals surface area contributed by atoms with Crippen molar-refractivity contribution in [3.63, 3.8) is 0 Å². The molecule has 1 unspecified atom stereocenters. The number of unbranched alkanes of at least 4 members (excludes halogenated alkanes) is 2. The van der Waals surface area contributed by atoms with E-state index in [4.69, 9.17) is 19.3 Å². The first kappa shape index (κ1) is 27.8. The predicted molar refractivity (Wildman–Crippen MR) is 148 cm³/mol. The van der Waals surface area contributed by atoms with E-state index in [0.29, 0.717) is 37.5 Å². The second-order valence-corrected chi connectivity index (χ2v) is 9.57. The fourth-order valence-corrected chi connectivity index (χ4v) is 4.49. The normalized spacial score (nSPS) is 14.3. The van der Waals surface area contributed by atoms with Gasteiger partial charge in [-0.05, 0) is 67.5 Å². The Balaban J connectivity index is 1.29. The van der Waals surface area contributed by atoms with E-state index in [2.05, 4.69) is 24.3 Å². The zero-order chi connectivity index (χ0) is 27.5. The molecule has 0 spiro atoms. The second kappa shape index (κ2) is 14.1. The van der Waals surface area contributed by atoms with Gasteiger partial charge in [-0.1, -0.05) is 48.5 Å². The van der Waals surface area contributed by atoms with Crippen molar-refractivity contribution >= 4 is 17.6 Å². The lowest BCUT2D eigenvalue weighted by atomic mass is 10.1. The molecule has 0 saturated heterocycles. The number of carboxylic acids is 2. The number of hydrogen-bond acceptors (Lipinski definition) is 6. The van der Waals surface area contributed by atoms with Crippen molar-refractivity contribution in [3.8, 4) is 17.2 Å². The highest BCUT2D eigenvalue weighted by Crippen LogP contribution is 2.41. The van der Waals surface area contributed by atoms with Crippen molar-refractivity contribution in [3.05, 3.63) is 83.9 Å². The van der Waals surface area contributed by atoms with Crippen LogP contribution in [0.25, 0.3) is 0 Å². The number of aryl methyl sites for hydroxylation is 1. The molecule has 2 N–H and O–H groups in total. The average molecular weight is 534 g/mol. The molecule has 4 rings (SSSR count). The van der Waals surface area contributed by atoms with Gasteiger partial charge in [-0.2, -0.15) is 0 Å². The lowest BCUT2D eigenvalue weighted by Crippen LogP contribution is -2.45. The fourth-order valence-electron chi connectivity index (χ4n) is 4.49. The van der Waals surface area contributed by atoms with Crippen LogP contribution in [0.3, 0.4) is 0 Å².